The van der Waals surface area contributed by atoms with E-state index in [9.17, 15) is 4.79 Å². The fourth-order valence-corrected chi connectivity index (χ4v) is 2.32. The van der Waals surface area contributed by atoms with Crippen LogP contribution in [-0.2, 0) is 11.2 Å². The number of benzene rings is 1. The summed E-state index contributed by atoms with van der Waals surface area (Å²) >= 11 is 0. The molecule has 0 saturated heterocycles. The predicted octanol–water partition coefficient (Wildman–Crippen LogP) is 4.21. The normalized spacial score (nSPS) is 11.3. The van der Waals surface area contributed by atoms with Gasteiger partial charge in [-0.3, -0.25) is 0 Å². The number of aromatic nitrogens is 1. The smallest absolute Gasteiger partial charge is 0.355 e. The zero-order chi connectivity index (χ0) is 16.3. The first kappa shape index (κ1) is 16.1. The van der Waals surface area contributed by atoms with Crippen LogP contribution in [0.5, 0.6) is 5.75 Å². The maximum absolute atomic E-state index is 12.4. The van der Waals surface area contributed by atoms with Gasteiger partial charge in [0.1, 0.15) is 17.0 Å². The van der Waals surface area contributed by atoms with Gasteiger partial charge < -0.3 is 14.5 Å². The molecule has 0 aliphatic carbocycles. The highest BCUT2D eigenvalue weighted by atomic mass is 16.6. The Labute approximate surface area is 131 Å². The monoisotopic (exact) mass is 301 g/mol. The van der Waals surface area contributed by atoms with Crippen LogP contribution < -0.4 is 4.74 Å². The van der Waals surface area contributed by atoms with E-state index in [0.717, 1.165) is 28.9 Å². The number of aryl methyl sites for hydroxylation is 1. The van der Waals surface area contributed by atoms with Crippen LogP contribution in [-0.4, -0.2) is 23.7 Å². The number of nitrogens with one attached hydrogen (secondary N) is 1. The van der Waals surface area contributed by atoms with Crippen LogP contribution in [0.1, 0.15) is 43.7 Å². The number of H-pyrrole nitrogens is 1. The SMILES string of the molecule is CCc1c[nH]c(C(=O)OC(C)(C)C)c1-c1ccc(OC)cc1. The summed E-state index contributed by atoms with van der Waals surface area (Å²) in [4.78, 5) is 15.5. The fourth-order valence-electron chi connectivity index (χ4n) is 2.32. The Kier molecular flexibility index (Phi) is 4.59. The number of carbonyl (C=O) groups excluding carboxylic acids is 1. The molecule has 4 nitrogen and oxygen atoms in total. The fraction of sp³-hybridized carbons (Fsp3) is 0.389. The van der Waals surface area contributed by atoms with E-state index in [1.165, 1.54) is 0 Å². The number of hydrogen-bond donors (Lipinski definition) is 1. The van der Waals surface area contributed by atoms with Crippen molar-refractivity contribution in [2.45, 2.75) is 39.7 Å². The van der Waals surface area contributed by atoms with E-state index in [1.54, 1.807) is 7.11 Å². The van der Waals surface area contributed by atoms with Crippen LogP contribution in [0.25, 0.3) is 11.1 Å². The molecule has 0 saturated carbocycles. The maximum Gasteiger partial charge on any atom is 0.355 e. The number of carbonyl (C=O) groups is 1. The van der Waals surface area contributed by atoms with E-state index in [4.69, 9.17) is 9.47 Å². The Balaban J connectivity index is 2.44. The Hall–Kier alpha value is -2.23. The molecule has 0 fully saturated rings. The molecule has 1 heterocycles. The molecule has 0 spiro atoms. The van der Waals surface area contributed by atoms with Gasteiger partial charge in [0.15, 0.2) is 0 Å². The molecule has 1 aromatic heterocycles. The highest BCUT2D eigenvalue weighted by molar-refractivity contribution is 5.97. The summed E-state index contributed by atoms with van der Waals surface area (Å²) in [7, 11) is 1.63. The van der Waals surface area contributed by atoms with Crippen molar-refractivity contribution >= 4 is 5.97 Å². The average molecular weight is 301 g/mol. The van der Waals surface area contributed by atoms with Gasteiger partial charge in [-0.25, -0.2) is 4.79 Å². The molecule has 22 heavy (non-hydrogen) atoms. The molecule has 4 heteroatoms. The van der Waals surface area contributed by atoms with Gasteiger partial charge in [0.05, 0.1) is 7.11 Å². The van der Waals surface area contributed by atoms with Gasteiger partial charge in [-0.1, -0.05) is 19.1 Å². The third-order valence-electron chi connectivity index (χ3n) is 3.32. The molecule has 0 amide bonds. The van der Waals surface area contributed by atoms with Crippen molar-refractivity contribution in [3.05, 3.63) is 41.7 Å². The third kappa shape index (κ3) is 3.50. The Morgan fingerprint density at radius 1 is 1.18 bits per heavy atom. The van der Waals surface area contributed by atoms with Crippen LogP contribution >= 0.6 is 0 Å². The summed E-state index contributed by atoms with van der Waals surface area (Å²) in [5.41, 5.74) is 2.94. The Bertz CT molecular complexity index is 648. The molecule has 118 valence electrons. The number of esters is 1. The molecule has 0 aliphatic heterocycles. The van der Waals surface area contributed by atoms with Gasteiger partial charge in [-0.05, 0) is 50.5 Å². The predicted molar refractivity (Wildman–Crippen MR) is 87.3 cm³/mol. The van der Waals surface area contributed by atoms with Crippen molar-refractivity contribution in [1.82, 2.24) is 4.98 Å². The maximum atomic E-state index is 12.4. The third-order valence-corrected chi connectivity index (χ3v) is 3.32. The first-order valence-corrected chi connectivity index (χ1v) is 7.43. The van der Waals surface area contributed by atoms with Crippen LogP contribution in [0.2, 0.25) is 0 Å². The highest BCUT2D eigenvalue weighted by Crippen LogP contribution is 2.30. The quantitative estimate of drug-likeness (QED) is 0.861. The van der Waals surface area contributed by atoms with Gasteiger partial charge in [0.2, 0.25) is 0 Å². The van der Waals surface area contributed by atoms with Crippen LogP contribution in [0.15, 0.2) is 30.5 Å². The van der Waals surface area contributed by atoms with E-state index in [2.05, 4.69) is 11.9 Å². The summed E-state index contributed by atoms with van der Waals surface area (Å²) < 4.78 is 10.7. The second kappa shape index (κ2) is 6.26. The van der Waals surface area contributed by atoms with E-state index in [0.29, 0.717) is 5.69 Å². The van der Waals surface area contributed by atoms with Gasteiger partial charge in [0.25, 0.3) is 0 Å². The molecule has 1 aromatic carbocycles. The van der Waals surface area contributed by atoms with Crippen molar-refractivity contribution < 1.29 is 14.3 Å². The number of hydrogen-bond acceptors (Lipinski definition) is 3. The standard InChI is InChI=1S/C18H23NO3/c1-6-12-11-19-16(17(20)22-18(2,3)4)15(12)13-7-9-14(21-5)10-8-13/h7-11,19H,6H2,1-5H3. The van der Waals surface area contributed by atoms with E-state index >= 15 is 0 Å². The second-order valence-corrected chi connectivity index (χ2v) is 6.15. The molecule has 2 aromatic rings. The topological polar surface area (TPSA) is 51.3 Å². The number of ether oxygens (including phenoxy) is 2. The Morgan fingerprint density at radius 2 is 1.82 bits per heavy atom. The van der Waals surface area contributed by atoms with Crippen LogP contribution in [0.3, 0.4) is 0 Å². The molecule has 0 atom stereocenters. The minimum atomic E-state index is -0.522. The van der Waals surface area contributed by atoms with E-state index in [-0.39, 0.29) is 5.97 Å². The first-order chi connectivity index (χ1) is 10.4. The van der Waals surface area contributed by atoms with Crippen molar-refractivity contribution in [3.8, 4) is 16.9 Å². The summed E-state index contributed by atoms with van der Waals surface area (Å²) in [6, 6.07) is 7.69. The van der Waals surface area contributed by atoms with Gasteiger partial charge >= 0.3 is 5.97 Å². The van der Waals surface area contributed by atoms with Crippen molar-refractivity contribution in [2.24, 2.45) is 0 Å². The van der Waals surface area contributed by atoms with E-state index < -0.39 is 5.60 Å². The van der Waals surface area contributed by atoms with Crippen LogP contribution in [0.4, 0.5) is 0 Å². The molecular formula is C18H23NO3. The lowest BCUT2D eigenvalue weighted by Gasteiger charge is -2.19. The molecule has 0 unspecified atom stereocenters. The molecular weight excluding hydrogens is 278 g/mol. The van der Waals surface area contributed by atoms with Gasteiger partial charge in [0, 0.05) is 11.8 Å². The van der Waals surface area contributed by atoms with Crippen LogP contribution in [0, 0.1) is 0 Å². The van der Waals surface area contributed by atoms with Gasteiger partial charge in [-0.2, -0.15) is 0 Å². The number of methoxy groups -OCH3 is 1. The summed E-state index contributed by atoms with van der Waals surface area (Å²) in [5.74, 6) is 0.453. The van der Waals surface area contributed by atoms with Crippen molar-refractivity contribution in [1.29, 1.82) is 0 Å². The lowest BCUT2D eigenvalue weighted by molar-refractivity contribution is 0.00645. The summed E-state index contributed by atoms with van der Waals surface area (Å²) in [6.07, 6.45) is 2.71. The summed E-state index contributed by atoms with van der Waals surface area (Å²) in [6.45, 7) is 7.65. The lowest BCUT2D eigenvalue weighted by Crippen LogP contribution is -2.24. The molecule has 0 radical (unpaired) electrons. The van der Waals surface area contributed by atoms with Crippen molar-refractivity contribution in [2.75, 3.05) is 7.11 Å². The van der Waals surface area contributed by atoms with Gasteiger partial charge in [-0.15, -0.1) is 0 Å². The Morgan fingerprint density at radius 3 is 2.32 bits per heavy atom. The molecule has 0 aliphatic rings. The highest BCUT2D eigenvalue weighted by Gasteiger charge is 2.24. The number of aromatic amines is 1. The molecule has 2 rings (SSSR count). The largest absolute Gasteiger partial charge is 0.497 e. The summed E-state index contributed by atoms with van der Waals surface area (Å²) in [5, 5.41) is 0. The zero-order valence-electron chi connectivity index (χ0n) is 13.8. The number of rotatable bonds is 4. The second-order valence-electron chi connectivity index (χ2n) is 6.15. The average Bonchev–Trinajstić information content (AvgIpc) is 2.89. The minimum Gasteiger partial charge on any atom is -0.497 e. The zero-order valence-corrected chi connectivity index (χ0v) is 13.8. The minimum absolute atomic E-state index is 0.335. The van der Waals surface area contributed by atoms with E-state index in [1.807, 2.05) is 51.2 Å². The first-order valence-electron chi connectivity index (χ1n) is 7.43. The molecule has 1 N–H and O–H groups in total. The van der Waals surface area contributed by atoms with Crippen molar-refractivity contribution in [3.63, 3.8) is 0 Å². The molecule has 0 bridgehead atoms. The lowest BCUT2D eigenvalue weighted by atomic mass is 10.00.